The minimum atomic E-state index is -1.09. The second kappa shape index (κ2) is 10.9. The lowest BCUT2D eigenvalue weighted by molar-refractivity contribution is -0.232. The third kappa shape index (κ3) is 4.64. The van der Waals surface area contributed by atoms with Crippen molar-refractivity contribution in [2.24, 2.45) is 5.92 Å². The van der Waals surface area contributed by atoms with Crippen LogP contribution in [0.2, 0.25) is 0 Å². The zero-order chi connectivity index (χ0) is 29.0. The molecule has 2 saturated heterocycles. The molecule has 2 fully saturated rings. The quantitative estimate of drug-likeness (QED) is 0.323. The van der Waals surface area contributed by atoms with Gasteiger partial charge in [-0.05, 0) is 18.9 Å². The third-order valence-electron chi connectivity index (χ3n) is 8.57. The van der Waals surface area contributed by atoms with Crippen LogP contribution in [0.25, 0.3) is 0 Å². The molecule has 2 unspecified atom stereocenters. The number of fused-ring (bicyclic) bond motifs is 3. The van der Waals surface area contributed by atoms with Gasteiger partial charge in [0.15, 0.2) is 17.9 Å². The zero-order valence-corrected chi connectivity index (χ0v) is 22.0. The molecule has 4 aliphatic rings. The standard InChI is InChI=1S/C29H30FNO10/c30-16-3-1-2-14-22(16)28(37)25-24(26(14)35)27(36)15-8-13(18(33)11-32)9-20(23(15)29(25)38)41-21-10-17(19(34)12-40-21)31-4-6-39-7-5-31/h1-3,13,17,19-21,32,34,36,38H,4-12H2/t13?,17-,19+,20-,21?/m0/s1. The number of hydrogen-bond acceptors (Lipinski definition) is 11. The van der Waals surface area contributed by atoms with Gasteiger partial charge in [0.2, 0.25) is 5.78 Å². The Labute approximate surface area is 234 Å². The van der Waals surface area contributed by atoms with Gasteiger partial charge >= 0.3 is 0 Å². The fourth-order valence-corrected chi connectivity index (χ4v) is 6.52. The maximum atomic E-state index is 14.7. The van der Waals surface area contributed by atoms with Crippen molar-refractivity contribution >= 4 is 17.3 Å². The molecule has 218 valence electrons. The van der Waals surface area contributed by atoms with Gasteiger partial charge in [0.05, 0.1) is 48.7 Å². The van der Waals surface area contributed by atoms with Crippen LogP contribution in [0.15, 0.2) is 18.2 Å². The van der Waals surface area contributed by atoms with E-state index in [4.69, 9.17) is 14.2 Å². The Hall–Kier alpha value is -3.26. The minimum absolute atomic E-state index is 0.00169. The first-order valence-electron chi connectivity index (χ1n) is 13.6. The van der Waals surface area contributed by atoms with E-state index in [1.165, 1.54) is 12.1 Å². The van der Waals surface area contributed by atoms with E-state index in [9.17, 15) is 39.2 Å². The summed E-state index contributed by atoms with van der Waals surface area (Å²) < 4.78 is 32.1. The maximum absolute atomic E-state index is 14.7. The molecule has 0 amide bonds. The first kappa shape index (κ1) is 27.9. The number of carbonyl (C=O) groups is 3. The highest BCUT2D eigenvalue weighted by molar-refractivity contribution is 6.30. The lowest BCUT2D eigenvalue weighted by Gasteiger charge is -2.43. The topological polar surface area (TPSA) is 163 Å². The predicted octanol–water partition coefficient (Wildman–Crippen LogP) is 1.00. The summed E-state index contributed by atoms with van der Waals surface area (Å²) in [6.45, 7) is 1.47. The molecule has 0 aromatic heterocycles. The van der Waals surface area contributed by atoms with Crippen molar-refractivity contribution in [3.8, 4) is 11.5 Å². The van der Waals surface area contributed by atoms with Gasteiger partial charge in [0.25, 0.3) is 0 Å². The number of ether oxygens (including phenoxy) is 3. The summed E-state index contributed by atoms with van der Waals surface area (Å²) in [5, 5.41) is 43.0. The molecular weight excluding hydrogens is 541 g/mol. The van der Waals surface area contributed by atoms with Gasteiger partial charge in [-0.25, -0.2) is 4.39 Å². The smallest absolute Gasteiger partial charge is 0.201 e. The van der Waals surface area contributed by atoms with Crippen molar-refractivity contribution in [1.29, 1.82) is 0 Å². The van der Waals surface area contributed by atoms with Gasteiger partial charge in [0.1, 0.15) is 23.9 Å². The number of phenolic OH excluding ortho intramolecular Hbond substituents is 2. The number of carbonyl (C=O) groups excluding carboxylic acids is 3. The Morgan fingerprint density at radius 2 is 1.78 bits per heavy atom. The van der Waals surface area contributed by atoms with Crippen LogP contribution in [0.1, 0.15) is 61.9 Å². The van der Waals surface area contributed by atoms with Crippen molar-refractivity contribution in [2.45, 2.75) is 43.8 Å². The van der Waals surface area contributed by atoms with E-state index >= 15 is 0 Å². The molecule has 6 rings (SSSR count). The van der Waals surface area contributed by atoms with Crippen LogP contribution >= 0.6 is 0 Å². The summed E-state index contributed by atoms with van der Waals surface area (Å²) in [4.78, 5) is 41.5. The Balaban J connectivity index is 1.40. The van der Waals surface area contributed by atoms with E-state index in [1.54, 1.807) is 0 Å². The van der Waals surface area contributed by atoms with Crippen molar-refractivity contribution in [1.82, 2.24) is 4.90 Å². The maximum Gasteiger partial charge on any atom is 0.201 e. The predicted molar refractivity (Wildman–Crippen MR) is 137 cm³/mol. The van der Waals surface area contributed by atoms with Gasteiger partial charge in [-0.15, -0.1) is 0 Å². The summed E-state index contributed by atoms with van der Waals surface area (Å²) in [5.41, 5.74) is -1.71. The fraction of sp³-hybridized carbons (Fsp3) is 0.483. The monoisotopic (exact) mass is 571 g/mol. The average Bonchev–Trinajstić information content (AvgIpc) is 2.98. The molecule has 2 aliphatic carbocycles. The Bertz CT molecular complexity index is 1420. The Morgan fingerprint density at radius 1 is 1.05 bits per heavy atom. The molecule has 5 atom stereocenters. The fourth-order valence-electron chi connectivity index (χ4n) is 6.52. The SMILES string of the molecule is O=C1c2cccc(F)c2C(=O)c2c(O)c3c(c(O)c21)CC(C(=O)CO)C[C@@H]3OC1C[C@H](N2CCOCC2)[C@H](O)CO1. The molecule has 0 saturated carbocycles. The largest absolute Gasteiger partial charge is 0.507 e. The Kier molecular flexibility index (Phi) is 7.39. The van der Waals surface area contributed by atoms with E-state index in [1.807, 2.05) is 0 Å². The van der Waals surface area contributed by atoms with Crippen molar-refractivity contribution in [3.63, 3.8) is 0 Å². The van der Waals surface area contributed by atoms with E-state index in [0.717, 1.165) is 6.07 Å². The van der Waals surface area contributed by atoms with Crippen LogP contribution in [0.3, 0.4) is 0 Å². The number of phenols is 2. The number of rotatable bonds is 5. The van der Waals surface area contributed by atoms with Gasteiger partial charge in [-0.2, -0.15) is 0 Å². The lowest BCUT2D eigenvalue weighted by atomic mass is 9.73. The van der Waals surface area contributed by atoms with E-state index < -0.39 is 82.4 Å². The number of aliphatic hydroxyl groups excluding tert-OH is 2. The second-order valence-electron chi connectivity index (χ2n) is 10.8. The van der Waals surface area contributed by atoms with Crippen LogP contribution < -0.4 is 0 Å². The Morgan fingerprint density at radius 3 is 2.51 bits per heavy atom. The average molecular weight is 572 g/mol. The number of nitrogens with zero attached hydrogens (tertiary/aromatic N) is 1. The van der Waals surface area contributed by atoms with Gasteiger partial charge in [-0.3, -0.25) is 19.3 Å². The molecule has 2 aliphatic heterocycles. The van der Waals surface area contributed by atoms with Crippen molar-refractivity contribution in [3.05, 3.63) is 57.4 Å². The van der Waals surface area contributed by atoms with Crippen LogP contribution in [-0.4, -0.2) is 101 Å². The molecule has 0 bridgehead atoms. The molecule has 11 nitrogen and oxygen atoms in total. The molecule has 41 heavy (non-hydrogen) atoms. The number of morpholine rings is 1. The van der Waals surface area contributed by atoms with Crippen molar-refractivity contribution in [2.75, 3.05) is 39.5 Å². The lowest BCUT2D eigenvalue weighted by Crippen LogP contribution is -2.55. The first-order valence-corrected chi connectivity index (χ1v) is 13.6. The summed E-state index contributed by atoms with van der Waals surface area (Å²) in [6.07, 6.45) is -2.65. The highest BCUT2D eigenvalue weighted by atomic mass is 19.1. The molecule has 0 radical (unpaired) electrons. The normalized spacial score (nSPS) is 28.1. The molecule has 4 N–H and O–H groups in total. The molecule has 12 heteroatoms. The summed E-state index contributed by atoms with van der Waals surface area (Å²) in [7, 11) is 0. The minimum Gasteiger partial charge on any atom is -0.507 e. The summed E-state index contributed by atoms with van der Waals surface area (Å²) in [6, 6.07) is 3.26. The van der Waals surface area contributed by atoms with Gasteiger partial charge in [-0.1, -0.05) is 12.1 Å². The van der Waals surface area contributed by atoms with Crippen LogP contribution in [0.4, 0.5) is 4.39 Å². The highest BCUT2D eigenvalue weighted by Gasteiger charge is 2.45. The molecule has 0 spiro atoms. The number of halogens is 1. The van der Waals surface area contributed by atoms with E-state index in [2.05, 4.69) is 4.90 Å². The molecule has 2 aromatic carbocycles. The second-order valence-corrected chi connectivity index (χ2v) is 10.8. The van der Waals surface area contributed by atoms with E-state index in [-0.39, 0.29) is 48.6 Å². The molecule has 2 heterocycles. The number of aromatic hydroxyl groups is 2. The molecular formula is C29H30FNO10. The third-order valence-corrected chi connectivity index (χ3v) is 8.57. The number of benzene rings is 2. The number of aliphatic hydroxyl groups is 2. The van der Waals surface area contributed by atoms with Crippen LogP contribution in [0.5, 0.6) is 11.5 Å². The number of Topliss-reactive ketones (excluding diaryl/α,β-unsaturated/α-hetero) is 1. The zero-order valence-electron chi connectivity index (χ0n) is 22.0. The number of ketones is 3. The van der Waals surface area contributed by atoms with Crippen LogP contribution in [-0.2, 0) is 25.4 Å². The van der Waals surface area contributed by atoms with Crippen LogP contribution in [0, 0.1) is 11.7 Å². The number of hydrogen-bond donors (Lipinski definition) is 4. The summed E-state index contributed by atoms with van der Waals surface area (Å²) >= 11 is 0. The van der Waals surface area contributed by atoms with E-state index in [0.29, 0.717) is 26.3 Å². The van der Waals surface area contributed by atoms with Crippen molar-refractivity contribution < 1.29 is 53.4 Å². The summed E-state index contributed by atoms with van der Waals surface area (Å²) in [5.74, 6) is -5.33. The highest BCUT2D eigenvalue weighted by Crippen LogP contribution is 2.51. The van der Waals surface area contributed by atoms with Gasteiger partial charge in [0, 0.05) is 48.2 Å². The van der Waals surface area contributed by atoms with Gasteiger partial charge < -0.3 is 34.6 Å². The first-order chi connectivity index (χ1) is 19.7. The molecule has 2 aromatic rings.